The number of rotatable bonds is 7. The third-order valence-corrected chi connectivity index (χ3v) is 4.21. The number of hydrogen-bond donors (Lipinski definition) is 2. The molecule has 2 aromatic rings. The maximum absolute atomic E-state index is 12.1. The first-order valence-electron chi connectivity index (χ1n) is 7.52. The number of nitrogens with one attached hydrogen (secondary N) is 1. The van der Waals surface area contributed by atoms with Crippen molar-refractivity contribution in [1.29, 1.82) is 0 Å². The number of benzene rings is 2. The molecule has 2 aromatic carbocycles. The van der Waals surface area contributed by atoms with Crippen LogP contribution in [0.5, 0.6) is 11.5 Å². The molecule has 7 heteroatoms. The maximum Gasteiger partial charge on any atom is 0.222 e. The van der Waals surface area contributed by atoms with Gasteiger partial charge in [0, 0.05) is 19.0 Å². The molecule has 0 aromatic heterocycles. The summed E-state index contributed by atoms with van der Waals surface area (Å²) in [6, 6.07) is 13.0. The largest absolute Gasteiger partial charge is 0.493 e. The molecule has 0 saturated heterocycles. The summed E-state index contributed by atoms with van der Waals surface area (Å²) >= 11 is 3.44. The van der Waals surface area contributed by atoms with Crippen molar-refractivity contribution < 1.29 is 14.3 Å². The Hall–Kier alpha value is -1.76. The molecule has 136 valence electrons. The van der Waals surface area contributed by atoms with E-state index in [4.69, 9.17) is 15.2 Å². The molecule has 1 unspecified atom stereocenters. The van der Waals surface area contributed by atoms with Crippen molar-refractivity contribution >= 4 is 34.2 Å². The molecule has 0 bridgehead atoms. The fourth-order valence-corrected chi connectivity index (χ4v) is 3.02. The third kappa shape index (κ3) is 5.92. The predicted molar refractivity (Wildman–Crippen MR) is 104 cm³/mol. The number of ether oxygens (including phenoxy) is 2. The second kappa shape index (κ2) is 10.3. The number of carbonyl (C=O) groups excluding carboxylic acids is 1. The summed E-state index contributed by atoms with van der Waals surface area (Å²) in [5.74, 6) is 1.13. The molecule has 2 rings (SSSR count). The van der Waals surface area contributed by atoms with Gasteiger partial charge in [-0.2, -0.15) is 0 Å². The van der Waals surface area contributed by atoms with Gasteiger partial charge in [0.1, 0.15) is 0 Å². The van der Waals surface area contributed by atoms with Gasteiger partial charge in [-0.15, -0.1) is 12.4 Å². The van der Waals surface area contributed by atoms with Crippen molar-refractivity contribution in [3.8, 4) is 11.5 Å². The van der Waals surface area contributed by atoms with Crippen LogP contribution < -0.4 is 20.5 Å². The summed E-state index contributed by atoms with van der Waals surface area (Å²) in [5, 5.41) is 2.88. The molecular weight excluding hydrogens is 408 g/mol. The molecule has 0 aliphatic heterocycles. The van der Waals surface area contributed by atoms with E-state index in [1.165, 1.54) is 0 Å². The van der Waals surface area contributed by atoms with Crippen molar-refractivity contribution in [2.24, 2.45) is 5.73 Å². The quantitative estimate of drug-likeness (QED) is 0.705. The SMILES string of the molecule is COc1cc(CNC(=O)CC(N)c2ccccc2)cc(Br)c1OC.Cl. The Labute approximate surface area is 162 Å². The standard InChI is InChI=1S/C18H21BrN2O3.ClH/c1-23-16-9-12(8-14(19)18(16)24-2)11-21-17(22)10-15(20)13-6-4-3-5-7-13;/h3-9,15H,10-11,20H2,1-2H3,(H,21,22);1H. The minimum absolute atomic E-state index is 0. The topological polar surface area (TPSA) is 73.6 Å². The highest BCUT2D eigenvalue weighted by molar-refractivity contribution is 9.10. The van der Waals surface area contributed by atoms with E-state index in [2.05, 4.69) is 21.2 Å². The van der Waals surface area contributed by atoms with Gasteiger partial charge in [0.15, 0.2) is 11.5 Å². The van der Waals surface area contributed by atoms with Crippen LogP contribution in [0.25, 0.3) is 0 Å². The summed E-state index contributed by atoms with van der Waals surface area (Å²) in [4.78, 5) is 12.1. The number of amides is 1. The van der Waals surface area contributed by atoms with Crippen molar-refractivity contribution in [2.45, 2.75) is 19.0 Å². The Kier molecular flexibility index (Phi) is 8.75. The monoisotopic (exact) mass is 428 g/mol. The number of hydrogen-bond acceptors (Lipinski definition) is 4. The molecule has 5 nitrogen and oxygen atoms in total. The van der Waals surface area contributed by atoms with E-state index in [0.717, 1.165) is 15.6 Å². The first-order chi connectivity index (χ1) is 11.5. The van der Waals surface area contributed by atoms with Gasteiger partial charge >= 0.3 is 0 Å². The van der Waals surface area contributed by atoms with Gasteiger partial charge in [-0.05, 0) is 39.2 Å². The highest BCUT2D eigenvalue weighted by Gasteiger charge is 2.13. The molecule has 0 aliphatic carbocycles. The van der Waals surface area contributed by atoms with E-state index in [9.17, 15) is 4.79 Å². The molecular formula is C18H22BrClN2O3. The van der Waals surface area contributed by atoms with E-state index in [0.29, 0.717) is 18.0 Å². The molecule has 0 fully saturated rings. The molecule has 3 N–H and O–H groups in total. The van der Waals surface area contributed by atoms with Crippen molar-refractivity contribution in [2.75, 3.05) is 14.2 Å². The van der Waals surface area contributed by atoms with Crippen molar-refractivity contribution in [3.05, 3.63) is 58.1 Å². The number of halogens is 2. The lowest BCUT2D eigenvalue weighted by atomic mass is 10.0. The molecule has 25 heavy (non-hydrogen) atoms. The molecule has 0 saturated carbocycles. The summed E-state index contributed by atoms with van der Waals surface area (Å²) < 4.78 is 11.3. The van der Waals surface area contributed by atoms with Gasteiger partial charge in [-0.25, -0.2) is 0 Å². The zero-order chi connectivity index (χ0) is 17.5. The minimum atomic E-state index is -0.316. The predicted octanol–water partition coefficient (Wildman–Crippen LogP) is 3.59. The summed E-state index contributed by atoms with van der Waals surface area (Å²) in [7, 11) is 3.15. The number of carbonyl (C=O) groups is 1. The lowest BCUT2D eigenvalue weighted by Crippen LogP contribution is -2.27. The second-order valence-corrected chi connectivity index (χ2v) is 6.17. The van der Waals surface area contributed by atoms with E-state index in [-0.39, 0.29) is 30.8 Å². The number of nitrogens with two attached hydrogens (primary N) is 1. The summed E-state index contributed by atoms with van der Waals surface area (Å²) in [5.41, 5.74) is 7.92. The molecule has 0 spiro atoms. The Morgan fingerprint density at radius 3 is 2.48 bits per heavy atom. The van der Waals surface area contributed by atoms with Crippen molar-refractivity contribution in [3.63, 3.8) is 0 Å². The Morgan fingerprint density at radius 1 is 1.20 bits per heavy atom. The van der Waals surface area contributed by atoms with Gasteiger partial charge in [0.25, 0.3) is 0 Å². The Morgan fingerprint density at radius 2 is 1.88 bits per heavy atom. The average molecular weight is 430 g/mol. The number of methoxy groups -OCH3 is 2. The van der Waals surface area contributed by atoms with Gasteiger partial charge < -0.3 is 20.5 Å². The van der Waals surface area contributed by atoms with Crippen LogP contribution in [-0.2, 0) is 11.3 Å². The lowest BCUT2D eigenvalue weighted by molar-refractivity contribution is -0.121. The van der Waals surface area contributed by atoms with Crippen LogP contribution in [0.2, 0.25) is 0 Å². The normalized spacial score (nSPS) is 11.2. The zero-order valence-corrected chi connectivity index (χ0v) is 16.5. The van der Waals surface area contributed by atoms with Gasteiger partial charge in [0.2, 0.25) is 5.91 Å². The Balaban J connectivity index is 0.00000312. The fourth-order valence-electron chi connectivity index (χ4n) is 2.36. The Bertz CT molecular complexity index is 698. The minimum Gasteiger partial charge on any atom is -0.493 e. The maximum atomic E-state index is 12.1. The van der Waals surface area contributed by atoms with Crippen LogP contribution >= 0.6 is 28.3 Å². The van der Waals surface area contributed by atoms with E-state index < -0.39 is 0 Å². The molecule has 1 amide bonds. The second-order valence-electron chi connectivity index (χ2n) is 5.31. The zero-order valence-electron chi connectivity index (χ0n) is 14.1. The highest BCUT2D eigenvalue weighted by atomic mass is 79.9. The molecule has 0 radical (unpaired) electrons. The van der Waals surface area contributed by atoms with Crippen LogP contribution in [0.15, 0.2) is 46.9 Å². The third-order valence-electron chi connectivity index (χ3n) is 3.62. The van der Waals surface area contributed by atoms with E-state index >= 15 is 0 Å². The fraction of sp³-hybridized carbons (Fsp3) is 0.278. The first-order valence-corrected chi connectivity index (χ1v) is 8.32. The smallest absolute Gasteiger partial charge is 0.222 e. The highest BCUT2D eigenvalue weighted by Crippen LogP contribution is 2.36. The lowest BCUT2D eigenvalue weighted by Gasteiger charge is -2.14. The van der Waals surface area contributed by atoms with E-state index in [1.807, 2.05) is 42.5 Å². The molecule has 1 atom stereocenters. The summed E-state index contributed by atoms with van der Waals surface area (Å²) in [6.07, 6.45) is 0.235. The van der Waals surface area contributed by atoms with Crippen LogP contribution in [-0.4, -0.2) is 20.1 Å². The van der Waals surface area contributed by atoms with Crippen LogP contribution in [0.1, 0.15) is 23.6 Å². The summed E-state index contributed by atoms with van der Waals surface area (Å²) in [6.45, 7) is 0.388. The van der Waals surface area contributed by atoms with E-state index in [1.54, 1.807) is 14.2 Å². The first kappa shape index (κ1) is 21.3. The van der Waals surface area contributed by atoms with Crippen LogP contribution in [0.3, 0.4) is 0 Å². The average Bonchev–Trinajstić information content (AvgIpc) is 2.60. The molecule has 0 heterocycles. The van der Waals surface area contributed by atoms with Gasteiger partial charge in [-0.3, -0.25) is 4.79 Å². The van der Waals surface area contributed by atoms with Crippen LogP contribution in [0.4, 0.5) is 0 Å². The molecule has 0 aliphatic rings. The van der Waals surface area contributed by atoms with Gasteiger partial charge in [0.05, 0.1) is 18.7 Å². The van der Waals surface area contributed by atoms with Gasteiger partial charge in [-0.1, -0.05) is 30.3 Å². The van der Waals surface area contributed by atoms with Crippen molar-refractivity contribution in [1.82, 2.24) is 5.32 Å². The van der Waals surface area contributed by atoms with Crippen LogP contribution in [0, 0.1) is 0 Å².